The van der Waals surface area contributed by atoms with E-state index in [0.717, 1.165) is 10.8 Å². The third-order valence-electron chi connectivity index (χ3n) is 3.79. The van der Waals surface area contributed by atoms with Crippen LogP contribution < -0.4 is 0 Å². The summed E-state index contributed by atoms with van der Waals surface area (Å²) >= 11 is 1.56. The van der Waals surface area contributed by atoms with Gasteiger partial charge in [-0.25, -0.2) is 9.18 Å². The third-order valence-corrected chi connectivity index (χ3v) is 5.23. The van der Waals surface area contributed by atoms with Crippen LogP contribution in [-0.4, -0.2) is 29.2 Å². The maximum Gasteiger partial charge on any atom is 0.338 e. The zero-order valence-corrected chi connectivity index (χ0v) is 12.6. The number of carbonyl (C=O) groups excluding carboxylic acids is 1. The normalized spacial score (nSPS) is 25.1. The van der Waals surface area contributed by atoms with Gasteiger partial charge in [0.2, 0.25) is 0 Å². The van der Waals surface area contributed by atoms with Crippen molar-refractivity contribution >= 4 is 28.5 Å². The molecule has 0 aliphatic carbocycles. The second-order valence-corrected chi connectivity index (χ2v) is 7.06. The lowest BCUT2D eigenvalue weighted by molar-refractivity contribution is 0.0501. The molecule has 1 heterocycles. The Hall–Kier alpha value is -1.55. The molecule has 0 radical (unpaired) electrons. The number of hydrogen-bond donors (Lipinski definition) is 0. The second kappa shape index (κ2) is 6.06. The van der Waals surface area contributed by atoms with E-state index >= 15 is 0 Å². The molecule has 0 spiro atoms. The van der Waals surface area contributed by atoms with Gasteiger partial charge >= 0.3 is 5.97 Å². The lowest BCUT2D eigenvalue weighted by atomic mass is 10.1. The first-order valence-corrected chi connectivity index (χ1v) is 8.03. The summed E-state index contributed by atoms with van der Waals surface area (Å²) in [7, 11) is 0. The lowest BCUT2D eigenvalue weighted by Gasteiger charge is -2.10. The molecule has 4 heteroatoms. The first kappa shape index (κ1) is 14.4. The smallest absolute Gasteiger partial charge is 0.338 e. The number of alkyl halides is 1. The second-order valence-electron chi connectivity index (χ2n) is 5.38. The van der Waals surface area contributed by atoms with Gasteiger partial charge < -0.3 is 4.74 Å². The molecule has 1 aliphatic rings. The Balaban J connectivity index is 1.64. The molecule has 3 rings (SSSR count). The van der Waals surface area contributed by atoms with Gasteiger partial charge in [-0.15, -0.1) is 11.8 Å². The third kappa shape index (κ3) is 3.21. The number of rotatable bonds is 3. The van der Waals surface area contributed by atoms with Crippen LogP contribution in [0.2, 0.25) is 0 Å². The number of benzene rings is 2. The molecule has 0 N–H and O–H groups in total. The van der Waals surface area contributed by atoms with Gasteiger partial charge in [0.25, 0.3) is 0 Å². The zero-order chi connectivity index (χ0) is 14.8. The van der Waals surface area contributed by atoms with Gasteiger partial charge in [-0.1, -0.05) is 37.3 Å². The largest absolute Gasteiger partial charge is 0.461 e. The molecule has 2 nitrogen and oxygen atoms in total. The SMILES string of the molecule is C[C@H]1S[C@H](COC(=O)c2ccc3ccccc3c2)C[C@@H]1F. The summed E-state index contributed by atoms with van der Waals surface area (Å²) in [5.74, 6) is -0.337. The van der Waals surface area contributed by atoms with E-state index in [-0.39, 0.29) is 23.1 Å². The van der Waals surface area contributed by atoms with E-state index in [0.29, 0.717) is 12.0 Å². The molecule has 0 saturated carbocycles. The fourth-order valence-electron chi connectivity index (χ4n) is 2.56. The quantitative estimate of drug-likeness (QED) is 0.794. The molecular weight excluding hydrogens is 287 g/mol. The van der Waals surface area contributed by atoms with Crippen molar-refractivity contribution in [2.45, 2.75) is 30.0 Å². The molecule has 0 aromatic heterocycles. The summed E-state index contributed by atoms with van der Waals surface area (Å²) in [6.45, 7) is 2.15. The van der Waals surface area contributed by atoms with Crippen molar-refractivity contribution in [1.29, 1.82) is 0 Å². The predicted molar refractivity (Wildman–Crippen MR) is 84.6 cm³/mol. The van der Waals surface area contributed by atoms with Crippen molar-refractivity contribution in [3.05, 3.63) is 48.0 Å². The highest BCUT2D eigenvalue weighted by molar-refractivity contribution is 8.00. The average molecular weight is 304 g/mol. The number of halogens is 1. The fraction of sp³-hybridized carbons (Fsp3) is 0.353. The van der Waals surface area contributed by atoms with Crippen LogP contribution in [0, 0.1) is 0 Å². The average Bonchev–Trinajstić information content (AvgIpc) is 2.83. The van der Waals surface area contributed by atoms with Gasteiger partial charge in [0.15, 0.2) is 0 Å². The molecule has 2 aromatic rings. The summed E-state index contributed by atoms with van der Waals surface area (Å²) in [4.78, 5) is 12.1. The number of hydrogen-bond acceptors (Lipinski definition) is 3. The summed E-state index contributed by atoms with van der Waals surface area (Å²) in [6, 6.07) is 13.4. The maximum absolute atomic E-state index is 13.4. The van der Waals surface area contributed by atoms with Crippen molar-refractivity contribution in [3.63, 3.8) is 0 Å². The van der Waals surface area contributed by atoms with Crippen LogP contribution in [0.15, 0.2) is 42.5 Å². The maximum atomic E-state index is 13.4. The van der Waals surface area contributed by atoms with Crippen molar-refractivity contribution in [2.75, 3.05) is 6.61 Å². The molecule has 1 aliphatic heterocycles. The predicted octanol–water partition coefficient (Wildman–Crippen LogP) is 4.23. The first-order valence-electron chi connectivity index (χ1n) is 7.09. The van der Waals surface area contributed by atoms with Crippen LogP contribution in [0.4, 0.5) is 4.39 Å². The Kier molecular flexibility index (Phi) is 4.15. The number of carbonyl (C=O) groups is 1. The van der Waals surface area contributed by atoms with Gasteiger partial charge in [0, 0.05) is 10.5 Å². The topological polar surface area (TPSA) is 26.3 Å². The van der Waals surface area contributed by atoms with E-state index in [4.69, 9.17) is 4.74 Å². The molecule has 3 atom stereocenters. The molecule has 1 saturated heterocycles. The van der Waals surface area contributed by atoms with Gasteiger partial charge in [-0.2, -0.15) is 0 Å². The molecule has 0 unspecified atom stereocenters. The minimum atomic E-state index is -0.792. The van der Waals surface area contributed by atoms with Gasteiger partial charge in [-0.3, -0.25) is 0 Å². The van der Waals surface area contributed by atoms with Crippen LogP contribution in [0.25, 0.3) is 10.8 Å². The standard InChI is InChI=1S/C17H17FO2S/c1-11-16(18)9-15(21-11)10-20-17(19)14-7-6-12-4-2-3-5-13(12)8-14/h2-8,11,15-16H,9-10H2,1H3/t11-,15+,16+/m1/s1. The van der Waals surface area contributed by atoms with Gasteiger partial charge in [0.1, 0.15) is 12.8 Å². The molecule has 2 aromatic carbocycles. The number of fused-ring (bicyclic) bond motifs is 1. The van der Waals surface area contributed by atoms with Crippen molar-refractivity contribution < 1.29 is 13.9 Å². The Morgan fingerprint density at radius 1 is 1.29 bits per heavy atom. The van der Waals surface area contributed by atoms with E-state index < -0.39 is 6.17 Å². The zero-order valence-electron chi connectivity index (χ0n) is 11.8. The molecular formula is C17H17FO2S. The van der Waals surface area contributed by atoms with Gasteiger partial charge in [-0.05, 0) is 29.3 Å². The van der Waals surface area contributed by atoms with Crippen LogP contribution >= 0.6 is 11.8 Å². The monoisotopic (exact) mass is 304 g/mol. The van der Waals surface area contributed by atoms with Crippen molar-refractivity contribution in [3.8, 4) is 0 Å². The molecule has 0 amide bonds. The Bertz CT molecular complexity index is 648. The summed E-state index contributed by atoms with van der Waals surface area (Å²) in [5.41, 5.74) is 0.543. The van der Waals surface area contributed by atoms with E-state index in [2.05, 4.69) is 0 Å². The van der Waals surface area contributed by atoms with Crippen molar-refractivity contribution in [1.82, 2.24) is 0 Å². The van der Waals surface area contributed by atoms with E-state index in [1.54, 1.807) is 17.8 Å². The highest BCUT2D eigenvalue weighted by Gasteiger charge is 2.32. The van der Waals surface area contributed by atoms with Crippen LogP contribution in [-0.2, 0) is 4.74 Å². The summed E-state index contributed by atoms with van der Waals surface area (Å²) < 4.78 is 18.8. The molecule has 110 valence electrons. The first-order chi connectivity index (χ1) is 10.1. The fourth-order valence-corrected chi connectivity index (χ4v) is 3.89. The van der Waals surface area contributed by atoms with Crippen LogP contribution in [0.3, 0.4) is 0 Å². The van der Waals surface area contributed by atoms with E-state index in [9.17, 15) is 9.18 Å². The van der Waals surface area contributed by atoms with E-state index in [1.165, 1.54) is 0 Å². The number of thioether (sulfide) groups is 1. The van der Waals surface area contributed by atoms with Crippen molar-refractivity contribution in [2.24, 2.45) is 0 Å². The van der Waals surface area contributed by atoms with Crippen LogP contribution in [0.1, 0.15) is 23.7 Å². The molecule has 0 bridgehead atoms. The molecule has 1 fully saturated rings. The number of ether oxygens (including phenoxy) is 1. The minimum Gasteiger partial charge on any atom is -0.461 e. The summed E-state index contributed by atoms with van der Waals surface area (Å²) in [6.07, 6.45) is -0.323. The number of esters is 1. The Morgan fingerprint density at radius 3 is 2.76 bits per heavy atom. The highest BCUT2D eigenvalue weighted by atomic mass is 32.2. The van der Waals surface area contributed by atoms with E-state index in [1.807, 2.05) is 43.3 Å². The Labute approximate surface area is 127 Å². The summed E-state index contributed by atoms with van der Waals surface area (Å²) in [5, 5.41) is 2.17. The van der Waals surface area contributed by atoms with Crippen LogP contribution in [0.5, 0.6) is 0 Å². The lowest BCUT2D eigenvalue weighted by Crippen LogP contribution is -2.15. The Morgan fingerprint density at radius 2 is 2.05 bits per heavy atom. The van der Waals surface area contributed by atoms with Gasteiger partial charge in [0.05, 0.1) is 5.56 Å². The minimum absolute atomic E-state index is 0.00521. The highest BCUT2D eigenvalue weighted by Crippen LogP contribution is 2.35. The molecule has 21 heavy (non-hydrogen) atoms.